The molecule has 0 aliphatic rings. The Labute approximate surface area is 163 Å². The summed E-state index contributed by atoms with van der Waals surface area (Å²) in [5.41, 5.74) is 7.64. The Morgan fingerprint density at radius 1 is 1.14 bits per heavy atom. The second-order valence-corrected chi connectivity index (χ2v) is 6.22. The first-order chi connectivity index (χ1) is 14.0. The first kappa shape index (κ1) is 18.4. The second-order valence-electron chi connectivity index (χ2n) is 6.22. The molecular weight excluding hydrogens is 378 g/mol. The summed E-state index contributed by atoms with van der Waals surface area (Å²) in [6.45, 7) is 1.47. The highest BCUT2D eigenvalue weighted by Crippen LogP contribution is 2.28. The summed E-state index contributed by atoms with van der Waals surface area (Å²) in [4.78, 5) is 20.3. The zero-order valence-electron chi connectivity index (χ0n) is 15.2. The number of nitrogens with zero attached hydrogens (tertiary/aromatic N) is 5. The van der Waals surface area contributed by atoms with Gasteiger partial charge >= 0.3 is 0 Å². The van der Waals surface area contributed by atoms with Crippen molar-refractivity contribution < 1.29 is 13.6 Å². The monoisotopic (exact) mass is 392 g/mol. The minimum Gasteiger partial charge on any atom is -0.382 e. The van der Waals surface area contributed by atoms with Crippen LogP contribution in [-0.2, 0) is 0 Å². The van der Waals surface area contributed by atoms with Crippen LogP contribution in [0.2, 0.25) is 0 Å². The van der Waals surface area contributed by atoms with Crippen LogP contribution in [0, 0.1) is 11.6 Å². The van der Waals surface area contributed by atoms with Crippen LogP contribution in [0.15, 0.2) is 55.0 Å². The fourth-order valence-corrected chi connectivity index (χ4v) is 2.85. The van der Waals surface area contributed by atoms with Gasteiger partial charge in [-0.3, -0.25) is 9.36 Å². The average molecular weight is 392 g/mol. The molecule has 9 heteroatoms. The van der Waals surface area contributed by atoms with Gasteiger partial charge in [-0.15, -0.1) is 10.2 Å². The molecule has 0 spiro atoms. The summed E-state index contributed by atoms with van der Waals surface area (Å²) in [6, 6.07) is 10.6. The molecule has 2 aromatic heterocycles. The fraction of sp³-hybridized carbons (Fsp3) is 0.0500. The lowest BCUT2D eigenvalue weighted by molar-refractivity contribution is 0.101. The third kappa shape index (κ3) is 3.33. The molecule has 0 aliphatic carbocycles. The normalized spacial score (nSPS) is 10.9. The van der Waals surface area contributed by atoms with Crippen LogP contribution in [0.1, 0.15) is 17.3 Å². The number of halogens is 2. The molecule has 7 nitrogen and oxygen atoms in total. The van der Waals surface area contributed by atoms with Gasteiger partial charge in [-0.25, -0.2) is 18.7 Å². The fourth-order valence-electron chi connectivity index (χ4n) is 2.85. The quantitative estimate of drug-likeness (QED) is 0.534. The summed E-state index contributed by atoms with van der Waals surface area (Å²) >= 11 is 0. The van der Waals surface area contributed by atoms with Crippen molar-refractivity contribution in [3.63, 3.8) is 0 Å². The van der Waals surface area contributed by atoms with Gasteiger partial charge in [0.15, 0.2) is 34.8 Å². The number of hydrogen-bond donors (Lipinski definition) is 1. The zero-order chi connectivity index (χ0) is 20.5. The zero-order valence-corrected chi connectivity index (χ0v) is 15.2. The van der Waals surface area contributed by atoms with E-state index in [-0.39, 0.29) is 28.8 Å². The van der Waals surface area contributed by atoms with Crippen LogP contribution >= 0.6 is 0 Å². The standard InChI is InChI=1S/C20H14F2N6O/c1-11(29)12-4-2-5-13(8-12)15-9-24-19(23)18(26-15)20-27-25-10-28(20)16-7-3-6-14(21)17(16)22/h2-10H,1H3,(H2,23,24). The van der Waals surface area contributed by atoms with E-state index >= 15 is 0 Å². The van der Waals surface area contributed by atoms with Crippen LogP contribution in [0.3, 0.4) is 0 Å². The Hall–Kier alpha value is -4.01. The van der Waals surface area contributed by atoms with E-state index in [2.05, 4.69) is 20.2 Å². The van der Waals surface area contributed by atoms with Gasteiger partial charge in [0.05, 0.1) is 17.6 Å². The Morgan fingerprint density at radius 2 is 1.93 bits per heavy atom. The maximum atomic E-state index is 14.3. The van der Waals surface area contributed by atoms with Crippen molar-refractivity contribution in [2.75, 3.05) is 5.73 Å². The predicted octanol–water partition coefficient (Wildman–Crippen LogP) is 3.45. The van der Waals surface area contributed by atoms with E-state index in [1.807, 2.05) is 0 Å². The van der Waals surface area contributed by atoms with E-state index in [0.717, 1.165) is 6.07 Å². The minimum atomic E-state index is -1.05. The van der Waals surface area contributed by atoms with Crippen molar-refractivity contribution in [2.45, 2.75) is 6.92 Å². The summed E-state index contributed by atoms with van der Waals surface area (Å²) < 4.78 is 29.2. The van der Waals surface area contributed by atoms with Crippen LogP contribution in [0.5, 0.6) is 0 Å². The Balaban J connectivity index is 1.85. The highest BCUT2D eigenvalue weighted by Gasteiger charge is 2.19. The first-order valence-electron chi connectivity index (χ1n) is 8.54. The molecule has 144 valence electrons. The molecule has 2 heterocycles. The van der Waals surface area contributed by atoms with Crippen LogP contribution in [-0.4, -0.2) is 30.5 Å². The van der Waals surface area contributed by atoms with Crippen LogP contribution in [0.25, 0.3) is 28.5 Å². The lowest BCUT2D eigenvalue weighted by Crippen LogP contribution is -2.06. The largest absolute Gasteiger partial charge is 0.382 e. The number of anilines is 1. The van der Waals surface area contributed by atoms with Crippen molar-refractivity contribution >= 4 is 11.6 Å². The number of Topliss-reactive ketones (excluding diaryl/α,β-unsaturated/α-hetero) is 1. The molecule has 0 aliphatic heterocycles. The van der Waals surface area contributed by atoms with Crippen molar-refractivity contribution in [1.29, 1.82) is 0 Å². The average Bonchev–Trinajstić information content (AvgIpc) is 3.20. The lowest BCUT2D eigenvalue weighted by Gasteiger charge is -2.10. The molecule has 4 rings (SSSR count). The molecule has 0 saturated heterocycles. The molecule has 0 amide bonds. The Morgan fingerprint density at radius 3 is 2.72 bits per heavy atom. The summed E-state index contributed by atoms with van der Waals surface area (Å²) in [7, 11) is 0. The van der Waals surface area contributed by atoms with Crippen LogP contribution < -0.4 is 5.73 Å². The number of hydrogen-bond acceptors (Lipinski definition) is 6. The van der Waals surface area contributed by atoms with Gasteiger partial charge in [-0.05, 0) is 25.1 Å². The molecule has 2 N–H and O–H groups in total. The molecule has 0 bridgehead atoms. The molecule has 2 aromatic carbocycles. The van der Waals surface area contributed by atoms with Crippen molar-refractivity contribution in [3.8, 4) is 28.5 Å². The van der Waals surface area contributed by atoms with Crippen molar-refractivity contribution in [2.24, 2.45) is 0 Å². The number of ketones is 1. The topological polar surface area (TPSA) is 99.6 Å². The van der Waals surface area contributed by atoms with E-state index in [1.165, 1.54) is 36.1 Å². The van der Waals surface area contributed by atoms with E-state index < -0.39 is 11.6 Å². The van der Waals surface area contributed by atoms with Crippen molar-refractivity contribution in [3.05, 3.63) is 72.2 Å². The van der Waals surface area contributed by atoms with Gasteiger partial charge < -0.3 is 5.73 Å². The van der Waals surface area contributed by atoms with Crippen molar-refractivity contribution in [1.82, 2.24) is 24.7 Å². The Kier molecular flexibility index (Phi) is 4.55. The molecule has 0 saturated carbocycles. The molecule has 0 fully saturated rings. The second kappa shape index (κ2) is 7.19. The third-order valence-electron chi connectivity index (χ3n) is 4.32. The van der Waals surface area contributed by atoms with Gasteiger partial charge in [0, 0.05) is 11.1 Å². The number of nitrogen functional groups attached to an aromatic ring is 1. The predicted molar refractivity (Wildman–Crippen MR) is 102 cm³/mol. The number of rotatable bonds is 4. The lowest BCUT2D eigenvalue weighted by atomic mass is 10.1. The molecular formula is C20H14F2N6O. The number of benzene rings is 2. The van der Waals surface area contributed by atoms with Gasteiger partial charge in [-0.1, -0.05) is 24.3 Å². The maximum absolute atomic E-state index is 14.3. The van der Waals surface area contributed by atoms with E-state index in [9.17, 15) is 13.6 Å². The maximum Gasteiger partial charge on any atom is 0.190 e. The van der Waals surface area contributed by atoms with Gasteiger partial charge in [0.2, 0.25) is 0 Å². The highest BCUT2D eigenvalue weighted by molar-refractivity contribution is 5.95. The Bertz CT molecular complexity index is 1240. The summed E-state index contributed by atoms with van der Waals surface area (Å²) in [6.07, 6.45) is 2.69. The van der Waals surface area contributed by atoms with Gasteiger partial charge in [0.1, 0.15) is 6.33 Å². The summed E-state index contributed by atoms with van der Waals surface area (Å²) in [5.74, 6) is -2.00. The number of nitrogens with two attached hydrogens (primary N) is 1. The molecule has 0 atom stereocenters. The SMILES string of the molecule is CC(=O)c1cccc(-c2cnc(N)c(-c3nncn3-c3cccc(F)c3F)n2)c1. The molecule has 29 heavy (non-hydrogen) atoms. The number of aromatic nitrogens is 5. The number of carbonyl (C=O) groups excluding carboxylic acids is 1. The highest BCUT2D eigenvalue weighted by atomic mass is 19.2. The minimum absolute atomic E-state index is 0.0440. The molecule has 4 aromatic rings. The summed E-state index contributed by atoms with van der Waals surface area (Å²) in [5, 5.41) is 7.74. The molecule has 0 unspecified atom stereocenters. The van der Waals surface area contributed by atoms with Crippen LogP contribution in [0.4, 0.5) is 14.6 Å². The molecule has 0 radical (unpaired) electrons. The third-order valence-corrected chi connectivity index (χ3v) is 4.32. The van der Waals surface area contributed by atoms with E-state index in [1.54, 1.807) is 24.3 Å². The van der Waals surface area contributed by atoms with Gasteiger partial charge in [-0.2, -0.15) is 0 Å². The first-order valence-corrected chi connectivity index (χ1v) is 8.54. The number of carbonyl (C=O) groups is 1. The van der Waals surface area contributed by atoms with Gasteiger partial charge in [0.25, 0.3) is 0 Å². The van der Waals surface area contributed by atoms with E-state index in [0.29, 0.717) is 16.8 Å². The smallest absolute Gasteiger partial charge is 0.190 e. The van der Waals surface area contributed by atoms with E-state index in [4.69, 9.17) is 5.73 Å².